The van der Waals surface area contributed by atoms with Gasteiger partial charge in [0.2, 0.25) is 0 Å². The summed E-state index contributed by atoms with van der Waals surface area (Å²) in [6.07, 6.45) is 5.82. The first-order valence-electron chi connectivity index (χ1n) is 20.1. The number of nitrogens with zero attached hydrogens (tertiary/aromatic N) is 2. The quantitative estimate of drug-likeness (QED) is 0.162. The first-order valence-corrected chi connectivity index (χ1v) is 20.1. The van der Waals surface area contributed by atoms with E-state index in [9.17, 15) is 0 Å². The van der Waals surface area contributed by atoms with Crippen LogP contribution in [0.1, 0.15) is 34.6 Å². The van der Waals surface area contributed by atoms with Gasteiger partial charge in [0, 0.05) is 51.2 Å². The maximum absolute atomic E-state index is 6.64. The van der Waals surface area contributed by atoms with E-state index in [2.05, 4.69) is 234 Å². The molecule has 1 atom stereocenters. The van der Waals surface area contributed by atoms with Gasteiger partial charge in [0.05, 0.1) is 5.41 Å². The second kappa shape index (κ2) is 14.0. The number of fused-ring (bicyclic) bond motifs is 9. The van der Waals surface area contributed by atoms with Crippen molar-refractivity contribution in [1.82, 2.24) is 0 Å². The fourth-order valence-electron chi connectivity index (χ4n) is 9.63. The van der Waals surface area contributed by atoms with Crippen molar-refractivity contribution in [2.24, 2.45) is 0 Å². The van der Waals surface area contributed by atoms with Gasteiger partial charge in [-0.2, -0.15) is 0 Å². The molecule has 3 nitrogen and oxygen atoms in total. The van der Waals surface area contributed by atoms with E-state index in [1.807, 2.05) is 0 Å². The summed E-state index contributed by atoms with van der Waals surface area (Å²) in [4.78, 5) is 4.75. The second-order valence-electron chi connectivity index (χ2n) is 15.2. The minimum atomic E-state index is -0.481. The number of benzene rings is 8. The molecule has 1 spiro atoms. The summed E-state index contributed by atoms with van der Waals surface area (Å²) in [5.74, 6) is 2.08. The van der Waals surface area contributed by atoms with Gasteiger partial charge in [-0.3, -0.25) is 0 Å². The highest BCUT2D eigenvalue weighted by Gasteiger charge is 2.54. The van der Waals surface area contributed by atoms with Crippen LogP contribution in [0, 0.1) is 0 Å². The zero-order chi connectivity index (χ0) is 38.5. The molecule has 2 aliphatic carbocycles. The van der Waals surface area contributed by atoms with Gasteiger partial charge in [-0.15, -0.1) is 0 Å². The molecule has 0 bridgehead atoms. The Bertz CT molecular complexity index is 2780. The number of rotatable bonds is 7. The molecule has 3 heteroatoms. The lowest BCUT2D eigenvalue weighted by atomic mass is 9.64. The molecule has 1 heterocycles. The van der Waals surface area contributed by atoms with Crippen LogP contribution >= 0.6 is 0 Å². The minimum Gasteiger partial charge on any atom is -0.457 e. The van der Waals surface area contributed by atoms with E-state index in [0.717, 1.165) is 52.1 Å². The van der Waals surface area contributed by atoms with E-state index in [1.165, 1.54) is 39.0 Å². The van der Waals surface area contributed by atoms with Gasteiger partial charge >= 0.3 is 0 Å². The Morgan fingerprint density at radius 1 is 0.397 bits per heavy atom. The summed E-state index contributed by atoms with van der Waals surface area (Å²) in [6, 6.07) is 76.2. The smallest absolute Gasteiger partial charge is 0.132 e. The van der Waals surface area contributed by atoms with Crippen LogP contribution in [-0.2, 0) is 5.41 Å². The first kappa shape index (κ1) is 33.9. The van der Waals surface area contributed by atoms with Crippen LogP contribution in [-0.4, -0.2) is 0 Å². The van der Waals surface area contributed by atoms with Crippen molar-refractivity contribution in [2.45, 2.75) is 17.8 Å². The highest BCUT2D eigenvalue weighted by Crippen LogP contribution is 2.64. The van der Waals surface area contributed by atoms with Crippen LogP contribution in [0.4, 0.5) is 28.4 Å². The molecular weight excluding hydrogens is 705 g/mol. The highest BCUT2D eigenvalue weighted by atomic mass is 16.5. The minimum absolute atomic E-state index is 0.242. The number of allylic oxidation sites excluding steroid dienone is 3. The van der Waals surface area contributed by atoms with Gasteiger partial charge in [-0.1, -0.05) is 146 Å². The molecule has 0 N–H and O–H groups in total. The number of para-hydroxylation sites is 4. The Morgan fingerprint density at radius 3 is 1.43 bits per heavy atom. The fraction of sp³-hybridized carbons (Fsp3) is 0.0545. The van der Waals surface area contributed by atoms with Crippen molar-refractivity contribution in [1.29, 1.82) is 0 Å². The third-order valence-electron chi connectivity index (χ3n) is 12.1. The molecule has 11 rings (SSSR count). The Labute approximate surface area is 340 Å². The lowest BCUT2D eigenvalue weighted by Gasteiger charge is -2.41. The van der Waals surface area contributed by atoms with E-state index < -0.39 is 5.41 Å². The molecule has 0 aromatic heterocycles. The van der Waals surface area contributed by atoms with Gasteiger partial charge in [0.1, 0.15) is 11.5 Å². The van der Waals surface area contributed by atoms with Gasteiger partial charge in [0.25, 0.3) is 0 Å². The van der Waals surface area contributed by atoms with Crippen molar-refractivity contribution in [3.8, 4) is 22.6 Å². The number of anilines is 5. The Kier molecular flexibility index (Phi) is 8.18. The van der Waals surface area contributed by atoms with Crippen molar-refractivity contribution >= 4 is 28.4 Å². The summed E-state index contributed by atoms with van der Waals surface area (Å²) in [5.41, 5.74) is 15.1. The molecule has 0 saturated heterocycles. The normalized spacial score (nSPS) is 15.5. The van der Waals surface area contributed by atoms with Crippen molar-refractivity contribution in [2.75, 3.05) is 9.80 Å². The molecule has 0 saturated carbocycles. The van der Waals surface area contributed by atoms with Crippen LogP contribution in [0.25, 0.3) is 11.1 Å². The third-order valence-corrected chi connectivity index (χ3v) is 12.1. The van der Waals surface area contributed by atoms with Crippen LogP contribution in [0.3, 0.4) is 0 Å². The monoisotopic (exact) mass is 744 g/mol. The van der Waals surface area contributed by atoms with Crippen LogP contribution in [0.2, 0.25) is 0 Å². The summed E-state index contributed by atoms with van der Waals surface area (Å²) in [7, 11) is 0. The summed E-state index contributed by atoms with van der Waals surface area (Å²) >= 11 is 0. The molecule has 8 aromatic rings. The second-order valence-corrected chi connectivity index (χ2v) is 15.2. The third kappa shape index (κ3) is 5.43. The maximum atomic E-state index is 6.64. The molecule has 276 valence electrons. The molecule has 0 amide bonds. The zero-order valence-corrected chi connectivity index (χ0v) is 31.9. The van der Waals surface area contributed by atoms with E-state index in [4.69, 9.17) is 4.74 Å². The largest absolute Gasteiger partial charge is 0.457 e. The molecule has 1 unspecified atom stereocenters. The Balaban J connectivity index is 1.03. The van der Waals surface area contributed by atoms with E-state index in [1.54, 1.807) is 0 Å². The lowest BCUT2D eigenvalue weighted by molar-refractivity contribution is 0.433. The van der Waals surface area contributed by atoms with Crippen LogP contribution in [0.15, 0.2) is 236 Å². The van der Waals surface area contributed by atoms with Crippen LogP contribution in [0.5, 0.6) is 11.5 Å². The van der Waals surface area contributed by atoms with Gasteiger partial charge in [0.15, 0.2) is 0 Å². The number of hydrogen-bond acceptors (Lipinski definition) is 3. The van der Waals surface area contributed by atoms with Gasteiger partial charge in [-0.05, 0) is 113 Å². The Morgan fingerprint density at radius 2 is 0.828 bits per heavy atom. The van der Waals surface area contributed by atoms with E-state index >= 15 is 0 Å². The molecule has 3 aliphatic rings. The molecule has 58 heavy (non-hydrogen) atoms. The molecule has 0 fully saturated rings. The summed E-state index contributed by atoms with van der Waals surface area (Å²) in [5, 5.41) is 0. The van der Waals surface area contributed by atoms with Crippen molar-refractivity contribution < 1.29 is 4.74 Å². The average molecular weight is 745 g/mol. The fourth-order valence-corrected chi connectivity index (χ4v) is 9.63. The predicted molar refractivity (Wildman–Crippen MR) is 238 cm³/mol. The summed E-state index contributed by atoms with van der Waals surface area (Å²) in [6.45, 7) is 0. The van der Waals surface area contributed by atoms with Gasteiger partial charge in [-0.25, -0.2) is 0 Å². The standard InChI is InChI=1S/C55H40N2O/c1-4-16-39(17-5-1)40-28-30-43(31-29-40)56(41-18-6-2-7-19-41)44-32-34-45(35-33-44)57(42-20-8-3-9-21-42)46-36-37-48-47-22-10-11-23-49(47)55(52(48)38-46)50-24-12-14-26-53(50)58-54-27-15-13-25-51(54)55/h1-36,38,48H,37H2. The van der Waals surface area contributed by atoms with E-state index in [0.29, 0.717) is 0 Å². The van der Waals surface area contributed by atoms with Crippen molar-refractivity contribution in [3.63, 3.8) is 0 Å². The zero-order valence-electron chi connectivity index (χ0n) is 31.9. The summed E-state index contributed by atoms with van der Waals surface area (Å²) < 4.78 is 6.64. The Hall–Kier alpha value is -7.36. The number of hydrogen-bond donors (Lipinski definition) is 0. The average Bonchev–Trinajstić information content (AvgIpc) is 3.58. The lowest BCUT2D eigenvalue weighted by Crippen LogP contribution is -2.34. The predicted octanol–water partition coefficient (Wildman–Crippen LogP) is 14.4. The van der Waals surface area contributed by atoms with Crippen molar-refractivity contribution in [3.05, 3.63) is 258 Å². The molecule has 0 radical (unpaired) electrons. The highest BCUT2D eigenvalue weighted by molar-refractivity contribution is 5.82. The molecule has 1 aliphatic heterocycles. The molecular formula is C55H40N2O. The molecule has 8 aromatic carbocycles. The SMILES string of the molecule is C1=C(N(c2ccccc2)c2ccc(N(c3ccccc3)c3ccc(-c4ccccc4)cc3)cc2)C=C2C(C1)c1ccccc1C21c2ccccc2Oc2ccccc21. The van der Waals surface area contributed by atoms with Gasteiger partial charge < -0.3 is 14.5 Å². The number of ether oxygens (including phenoxy) is 1. The van der Waals surface area contributed by atoms with Crippen LogP contribution < -0.4 is 14.5 Å². The topological polar surface area (TPSA) is 15.7 Å². The van der Waals surface area contributed by atoms with E-state index in [-0.39, 0.29) is 5.92 Å². The first-order chi connectivity index (χ1) is 28.8. The maximum Gasteiger partial charge on any atom is 0.132 e.